The number of piperidine rings is 1. The summed E-state index contributed by atoms with van der Waals surface area (Å²) in [6.07, 6.45) is 0.905. The first-order valence-electron chi connectivity index (χ1n) is 13.8. The lowest BCUT2D eigenvalue weighted by Gasteiger charge is -2.28. The molecule has 1 aliphatic rings. The highest BCUT2D eigenvalue weighted by molar-refractivity contribution is 6.18. The van der Waals surface area contributed by atoms with Crippen molar-refractivity contribution in [1.82, 2.24) is 21.3 Å². The maximum atomic E-state index is 13.5. The van der Waals surface area contributed by atoms with Gasteiger partial charge in [0.05, 0.1) is 0 Å². The molecule has 3 aromatic rings. The summed E-state index contributed by atoms with van der Waals surface area (Å²) in [6.45, 7) is 0.642. The molecule has 1 saturated heterocycles. The van der Waals surface area contributed by atoms with Crippen LogP contribution in [0.25, 0.3) is 10.8 Å². The molecule has 4 rings (SSSR count). The topological polar surface area (TPSA) is 137 Å². The van der Waals surface area contributed by atoms with Gasteiger partial charge in [-0.1, -0.05) is 72.8 Å². The van der Waals surface area contributed by atoms with Gasteiger partial charge >= 0.3 is 6.09 Å². The maximum absolute atomic E-state index is 13.5. The molecule has 1 fully saturated rings. The Kier molecular flexibility index (Phi) is 10.6. The summed E-state index contributed by atoms with van der Waals surface area (Å²) in [5, 5.41) is 22.3. The Morgan fingerprint density at radius 3 is 2.29 bits per heavy atom. The van der Waals surface area contributed by atoms with E-state index in [2.05, 4.69) is 21.3 Å². The quantitative estimate of drug-likeness (QED) is 0.210. The Morgan fingerprint density at radius 2 is 1.56 bits per heavy atom. The number of alkyl halides is 1. The van der Waals surface area contributed by atoms with Crippen molar-refractivity contribution in [3.8, 4) is 0 Å². The van der Waals surface area contributed by atoms with E-state index in [9.17, 15) is 24.3 Å². The first-order valence-corrected chi connectivity index (χ1v) is 14.3. The first-order chi connectivity index (χ1) is 19.8. The van der Waals surface area contributed by atoms with E-state index in [-0.39, 0.29) is 30.5 Å². The predicted octanol–water partition coefficient (Wildman–Crippen LogP) is 3.39. The van der Waals surface area contributed by atoms with E-state index >= 15 is 0 Å². The predicted molar refractivity (Wildman–Crippen MR) is 158 cm³/mol. The Balaban J connectivity index is 1.52. The smallest absolute Gasteiger partial charge is 0.405 e. The van der Waals surface area contributed by atoms with Crippen LogP contribution in [0.5, 0.6) is 0 Å². The largest absolute Gasteiger partial charge is 0.465 e. The molecule has 10 heteroatoms. The van der Waals surface area contributed by atoms with Crippen LogP contribution in [-0.2, 0) is 27.2 Å². The molecule has 5 N–H and O–H groups in total. The average Bonchev–Trinajstić information content (AvgIpc) is 2.97. The molecule has 0 bridgehead atoms. The molecule has 0 radical (unpaired) electrons. The van der Waals surface area contributed by atoms with Crippen molar-refractivity contribution in [2.24, 2.45) is 5.92 Å². The molecule has 0 aliphatic carbocycles. The molecule has 41 heavy (non-hydrogen) atoms. The molecule has 0 saturated carbocycles. The van der Waals surface area contributed by atoms with Crippen molar-refractivity contribution in [1.29, 1.82) is 0 Å². The van der Waals surface area contributed by atoms with Crippen molar-refractivity contribution in [3.63, 3.8) is 0 Å². The third-order valence-electron chi connectivity index (χ3n) is 7.33. The third kappa shape index (κ3) is 8.44. The number of hydrogen-bond donors (Lipinski definition) is 5. The minimum atomic E-state index is -1.34. The van der Waals surface area contributed by atoms with E-state index in [4.69, 9.17) is 11.6 Å². The molecule has 1 heterocycles. The van der Waals surface area contributed by atoms with Gasteiger partial charge < -0.3 is 26.4 Å². The Hall–Kier alpha value is -4.11. The fourth-order valence-corrected chi connectivity index (χ4v) is 5.45. The third-order valence-corrected chi connectivity index (χ3v) is 7.71. The molecule has 4 atom stereocenters. The molecule has 4 amide bonds. The van der Waals surface area contributed by atoms with Gasteiger partial charge in [-0.2, -0.15) is 0 Å². The number of carbonyl (C=O) groups excluding carboxylic acids is 3. The fourth-order valence-electron chi connectivity index (χ4n) is 5.25. The number of benzene rings is 3. The van der Waals surface area contributed by atoms with E-state index in [1.165, 1.54) is 0 Å². The number of hydrogen-bond acceptors (Lipinski definition) is 4. The lowest BCUT2D eigenvalue weighted by atomic mass is 9.92. The van der Waals surface area contributed by atoms with Crippen LogP contribution >= 0.6 is 11.6 Å². The molecular weight excluding hydrogens is 544 g/mol. The van der Waals surface area contributed by atoms with Crippen molar-refractivity contribution in [2.75, 3.05) is 12.4 Å². The highest BCUT2D eigenvalue weighted by Gasteiger charge is 2.31. The van der Waals surface area contributed by atoms with Crippen LogP contribution in [0.4, 0.5) is 4.79 Å². The van der Waals surface area contributed by atoms with Crippen LogP contribution in [0.3, 0.4) is 0 Å². The molecule has 4 unspecified atom stereocenters. The highest BCUT2D eigenvalue weighted by atomic mass is 35.5. The van der Waals surface area contributed by atoms with Crippen LogP contribution in [0.2, 0.25) is 0 Å². The van der Waals surface area contributed by atoms with Crippen molar-refractivity contribution in [2.45, 2.75) is 50.2 Å². The van der Waals surface area contributed by atoms with Gasteiger partial charge in [0.15, 0.2) is 0 Å². The summed E-state index contributed by atoms with van der Waals surface area (Å²) in [5.74, 6) is -1.27. The number of carbonyl (C=O) groups is 4. The van der Waals surface area contributed by atoms with Crippen LogP contribution in [0, 0.1) is 5.92 Å². The SMILES string of the molecule is O=C(O)NC(Cc1cccc2ccccc12)C(=O)NC(Cc1ccccc1)C(=O)NC(CCl)CC1CCCNC1=O. The van der Waals surface area contributed by atoms with E-state index in [1.54, 1.807) is 0 Å². The molecule has 3 aromatic carbocycles. The normalized spacial score (nSPS) is 17.1. The Bertz CT molecular complexity index is 1360. The zero-order valence-electron chi connectivity index (χ0n) is 22.6. The lowest BCUT2D eigenvalue weighted by Crippen LogP contribution is -2.56. The van der Waals surface area contributed by atoms with Gasteiger partial charge in [-0.25, -0.2) is 4.79 Å². The van der Waals surface area contributed by atoms with Gasteiger partial charge in [-0.15, -0.1) is 11.6 Å². The number of carboxylic acid groups (broad SMARTS) is 1. The maximum Gasteiger partial charge on any atom is 0.405 e. The molecule has 9 nitrogen and oxygen atoms in total. The minimum Gasteiger partial charge on any atom is -0.465 e. The van der Waals surface area contributed by atoms with Crippen LogP contribution in [0.15, 0.2) is 72.8 Å². The lowest BCUT2D eigenvalue weighted by molar-refractivity contribution is -0.130. The standard InChI is InChI=1S/C31H35ClN4O5/c32-19-24(17-23-13-7-15-33-28(23)37)34-29(38)26(16-20-8-2-1-3-9-20)35-30(39)27(36-31(40)41)18-22-12-6-11-21-10-4-5-14-25(21)22/h1-6,8-12,14,23-24,26-27,36H,7,13,15-19H2,(H,33,37)(H,34,38)(H,35,39)(H,40,41). The molecule has 1 aliphatic heterocycles. The van der Waals surface area contributed by atoms with Gasteiger partial charge in [0.2, 0.25) is 17.7 Å². The number of rotatable bonds is 12. The second kappa shape index (κ2) is 14.5. The van der Waals surface area contributed by atoms with Gasteiger partial charge in [0.1, 0.15) is 12.1 Å². The molecule has 216 valence electrons. The van der Waals surface area contributed by atoms with Crippen molar-refractivity contribution >= 4 is 46.2 Å². The first kappa shape index (κ1) is 29.9. The summed E-state index contributed by atoms with van der Waals surface area (Å²) in [6, 6.07) is 19.9. The van der Waals surface area contributed by atoms with Gasteiger partial charge in [-0.05, 0) is 41.2 Å². The monoisotopic (exact) mass is 578 g/mol. The van der Waals surface area contributed by atoms with Gasteiger partial charge in [-0.3, -0.25) is 14.4 Å². The van der Waals surface area contributed by atoms with Crippen LogP contribution in [-0.4, -0.2) is 59.5 Å². The number of amides is 4. The zero-order chi connectivity index (χ0) is 29.2. The van der Waals surface area contributed by atoms with Crippen LogP contribution in [0.1, 0.15) is 30.4 Å². The molecule has 0 spiro atoms. The number of fused-ring (bicyclic) bond motifs is 1. The zero-order valence-corrected chi connectivity index (χ0v) is 23.4. The Morgan fingerprint density at radius 1 is 0.878 bits per heavy atom. The van der Waals surface area contributed by atoms with E-state index in [1.807, 2.05) is 72.8 Å². The summed E-state index contributed by atoms with van der Waals surface area (Å²) < 4.78 is 0. The average molecular weight is 579 g/mol. The van der Waals surface area contributed by atoms with Gasteiger partial charge in [0.25, 0.3) is 0 Å². The number of nitrogens with one attached hydrogen (secondary N) is 4. The summed E-state index contributed by atoms with van der Waals surface area (Å²) in [5.41, 5.74) is 1.62. The van der Waals surface area contributed by atoms with Crippen LogP contribution < -0.4 is 21.3 Å². The molecule has 0 aromatic heterocycles. The fraction of sp³-hybridized carbons (Fsp3) is 0.355. The second-order valence-corrected chi connectivity index (χ2v) is 10.6. The summed E-state index contributed by atoms with van der Waals surface area (Å²) in [4.78, 5) is 51.0. The van der Waals surface area contributed by atoms with E-state index in [0.717, 1.165) is 34.7 Å². The summed E-state index contributed by atoms with van der Waals surface area (Å²) >= 11 is 6.19. The van der Waals surface area contributed by atoms with E-state index < -0.39 is 36.0 Å². The van der Waals surface area contributed by atoms with E-state index in [0.29, 0.717) is 13.0 Å². The molecular formula is C31H35ClN4O5. The minimum absolute atomic E-state index is 0.0502. The highest BCUT2D eigenvalue weighted by Crippen LogP contribution is 2.21. The number of halogens is 1. The Labute approximate surface area is 244 Å². The van der Waals surface area contributed by atoms with Crippen molar-refractivity contribution in [3.05, 3.63) is 83.9 Å². The summed E-state index contributed by atoms with van der Waals surface area (Å²) in [7, 11) is 0. The second-order valence-electron chi connectivity index (χ2n) is 10.3. The van der Waals surface area contributed by atoms with Crippen molar-refractivity contribution < 1.29 is 24.3 Å². The van der Waals surface area contributed by atoms with Gasteiger partial charge in [0, 0.05) is 37.2 Å².